The van der Waals surface area contributed by atoms with Crippen LogP contribution in [0.4, 0.5) is 0 Å². The van der Waals surface area contributed by atoms with Gasteiger partial charge in [-0.15, -0.1) is 0 Å². The number of hydrogen-bond donors (Lipinski definition) is 1. The molecule has 2 atom stereocenters. The minimum absolute atomic E-state index is 0.259. The maximum Gasteiger partial charge on any atom is 0.0328 e. The summed E-state index contributed by atoms with van der Waals surface area (Å²) in [4.78, 5) is 2.31. The highest BCUT2D eigenvalue weighted by atomic mass is 15.2. The normalized spacial score (nSPS) is 54.0. The Balaban J connectivity index is 2.10. The van der Waals surface area contributed by atoms with E-state index in [0.717, 1.165) is 12.5 Å². The third kappa shape index (κ3) is 0.446. The zero-order valence-corrected chi connectivity index (χ0v) is 5.22. The van der Waals surface area contributed by atoms with E-state index in [1.807, 2.05) is 0 Å². The molecule has 0 aromatic heterocycles. The van der Waals surface area contributed by atoms with Crippen LogP contribution >= 0.6 is 0 Å². The van der Waals surface area contributed by atoms with E-state index >= 15 is 0 Å². The first-order chi connectivity index (χ1) is 3.71. The quantitative estimate of drug-likeness (QED) is 0.464. The Morgan fingerprint density at radius 2 is 2.50 bits per heavy atom. The number of likely N-dealkylation sites (N-methyl/N-ethyl adjacent to an activating group) is 1. The molecule has 2 nitrogen and oxygen atoms in total. The molecule has 0 bridgehead atoms. The van der Waals surface area contributed by atoms with Gasteiger partial charge in [0.1, 0.15) is 0 Å². The molecule has 2 rings (SSSR count). The highest BCUT2D eigenvalue weighted by Crippen LogP contribution is 2.46. The van der Waals surface area contributed by atoms with Crippen LogP contribution in [0.5, 0.6) is 0 Å². The topological polar surface area (TPSA) is 29.3 Å². The first-order valence-corrected chi connectivity index (χ1v) is 3.18. The van der Waals surface area contributed by atoms with E-state index in [9.17, 15) is 0 Å². The zero-order chi connectivity index (χ0) is 5.78. The Labute approximate surface area is 49.7 Å². The van der Waals surface area contributed by atoms with Gasteiger partial charge in [0.2, 0.25) is 0 Å². The predicted octanol–water partition coefficient (Wildman–Crippen LogP) is -0.351. The van der Waals surface area contributed by atoms with Crippen molar-refractivity contribution in [1.82, 2.24) is 4.90 Å². The van der Waals surface area contributed by atoms with Crippen LogP contribution < -0.4 is 5.73 Å². The smallest absolute Gasteiger partial charge is 0.0328 e. The number of fused-ring (bicyclic) bond motifs is 1. The van der Waals surface area contributed by atoms with E-state index in [-0.39, 0.29) is 5.54 Å². The van der Waals surface area contributed by atoms with Gasteiger partial charge in [0.05, 0.1) is 0 Å². The van der Waals surface area contributed by atoms with E-state index in [2.05, 4.69) is 11.9 Å². The molecule has 1 unspecified atom stereocenters. The lowest BCUT2D eigenvalue weighted by Crippen LogP contribution is -2.30. The van der Waals surface area contributed by atoms with Crippen molar-refractivity contribution in [2.24, 2.45) is 11.7 Å². The average molecular weight is 112 g/mol. The molecule has 8 heavy (non-hydrogen) atoms. The second-order valence-corrected chi connectivity index (χ2v) is 3.33. The second kappa shape index (κ2) is 1.09. The standard InChI is InChI=1S/C6H12N2/c1-8-3-5-2-6(5,7)4-8/h5H,2-4,7H2,1H3/t5?,6-/m0/s1. The van der Waals surface area contributed by atoms with Crippen molar-refractivity contribution < 1.29 is 0 Å². The summed E-state index contributed by atoms with van der Waals surface area (Å²) in [6.07, 6.45) is 1.28. The van der Waals surface area contributed by atoms with E-state index in [1.54, 1.807) is 0 Å². The molecule has 0 aromatic carbocycles. The minimum atomic E-state index is 0.259. The third-order valence-electron chi connectivity index (χ3n) is 2.38. The van der Waals surface area contributed by atoms with Crippen molar-refractivity contribution in [3.05, 3.63) is 0 Å². The van der Waals surface area contributed by atoms with Crippen molar-refractivity contribution in [2.45, 2.75) is 12.0 Å². The molecule has 1 saturated heterocycles. The summed E-state index contributed by atoms with van der Waals surface area (Å²) in [5, 5.41) is 0. The van der Waals surface area contributed by atoms with Crippen LogP contribution in [0.2, 0.25) is 0 Å². The molecule has 2 heteroatoms. The lowest BCUT2D eigenvalue weighted by molar-refractivity contribution is 0.363. The number of piperidine rings is 1. The van der Waals surface area contributed by atoms with E-state index in [1.165, 1.54) is 13.0 Å². The molecule has 2 N–H and O–H groups in total. The van der Waals surface area contributed by atoms with Crippen molar-refractivity contribution in [3.8, 4) is 0 Å². The largest absolute Gasteiger partial charge is 0.324 e. The summed E-state index contributed by atoms with van der Waals surface area (Å²) in [6, 6.07) is 0. The Bertz CT molecular complexity index is 124. The fourth-order valence-corrected chi connectivity index (χ4v) is 1.78. The predicted molar refractivity (Wildman–Crippen MR) is 32.5 cm³/mol. The number of hydrogen-bond acceptors (Lipinski definition) is 2. The van der Waals surface area contributed by atoms with Gasteiger partial charge in [0.15, 0.2) is 0 Å². The monoisotopic (exact) mass is 112 g/mol. The molecule has 0 spiro atoms. The van der Waals surface area contributed by atoms with Crippen LogP contribution in [0.1, 0.15) is 6.42 Å². The maximum atomic E-state index is 5.90. The minimum Gasteiger partial charge on any atom is -0.324 e. The van der Waals surface area contributed by atoms with Crippen LogP contribution in [0.3, 0.4) is 0 Å². The average Bonchev–Trinajstić information content (AvgIpc) is 2.07. The summed E-state index contributed by atoms with van der Waals surface area (Å²) < 4.78 is 0. The summed E-state index contributed by atoms with van der Waals surface area (Å²) >= 11 is 0. The molecule has 1 aliphatic heterocycles. The van der Waals surface area contributed by atoms with Gasteiger partial charge in [-0.3, -0.25) is 0 Å². The molecule has 46 valence electrons. The van der Waals surface area contributed by atoms with Gasteiger partial charge in [0, 0.05) is 18.6 Å². The molecule has 1 heterocycles. The fourth-order valence-electron chi connectivity index (χ4n) is 1.78. The number of rotatable bonds is 0. The van der Waals surface area contributed by atoms with Crippen LogP contribution in [-0.4, -0.2) is 30.6 Å². The summed E-state index contributed by atoms with van der Waals surface area (Å²) in [5.41, 5.74) is 6.16. The van der Waals surface area contributed by atoms with E-state index < -0.39 is 0 Å². The van der Waals surface area contributed by atoms with Crippen LogP contribution in [0, 0.1) is 5.92 Å². The number of likely N-dealkylation sites (tertiary alicyclic amines) is 1. The molecular weight excluding hydrogens is 100 g/mol. The second-order valence-electron chi connectivity index (χ2n) is 3.33. The Morgan fingerprint density at radius 3 is 2.75 bits per heavy atom. The van der Waals surface area contributed by atoms with Crippen molar-refractivity contribution >= 4 is 0 Å². The van der Waals surface area contributed by atoms with Crippen LogP contribution in [0.15, 0.2) is 0 Å². The van der Waals surface area contributed by atoms with Crippen molar-refractivity contribution in [1.29, 1.82) is 0 Å². The summed E-state index contributed by atoms with van der Waals surface area (Å²) in [7, 11) is 2.14. The molecule has 1 saturated carbocycles. The molecule has 1 aliphatic carbocycles. The lowest BCUT2D eigenvalue weighted by Gasteiger charge is -2.10. The third-order valence-corrected chi connectivity index (χ3v) is 2.38. The highest BCUT2D eigenvalue weighted by molar-refractivity contribution is 5.14. The summed E-state index contributed by atoms with van der Waals surface area (Å²) in [5.74, 6) is 0.840. The summed E-state index contributed by atoms with van der Waals surface area (Å²) in [6.45, 7) is 2.36. The molecule has 0 radical (unpaired) electrons. The zero-order valence-electron chi connectivity index (χ0n) is 5.22. The van der Waals surface area contributed by atoms with Gasteiger partial charge in [-0.1, -0.05) is 0 Å². The van der Waals surface area contributed by atoms with Gasteiger partial charge in [-0.2, -0.15) is 0 Å². The molecule has 2 aliphatic rings. The molecule has 0 aromatic rings. The first-order valence-electron chi connectivity index (χ1n) is 3.18. The molecular formula is C6H12N2. The van der Waals surface area contributed by atoms with Gasteiger partial charge in [-0.25, -0.2) is 0 Å². The Morgan fingerprint density at radius 1 is 1.75 bits per heavy atom. The van der Waals surface area contributed by atoms with Gasteiger partial charge in [-0.05, 0) is 19.4 Å². The molecule has 0 amide bonds. The SMILES string of the molecule is CN1CC2C[C@]2(N)C1. The molecule has 2 fully saturated rings. The van der Waals surface area contributed by atoms with Crippen molar-refractivity contribution in [2.75, 3.05) is 20.1 Å². The highest BCUT2D eigenvalue weighted by Gasteiger charge is 2.56. The van der Waals surface area contributed by atoms with Gasteiger partial charge in [0.25, 0.3) is 0 Å². The van der Waals surface area contributed by atoms with Crippen LogP contribution in [-0.2, 0) is 0 Å². The number of nitrogens with two attached hydrogens (primary N) is 1. The van der Waals surface area contributed by atoms with Gasteiger partial charge < -0.3 is 10.6 Å². The van der Waals surface area contributed by atoms with E-state index in [4.69, 9.17) is 5.73 Å². The number of nitrogens with zero attached hydrogens (tertiary/aromatic N) is 1. The van der Waals surface area contributed by atoms with Crippen LogP contribution in [0.25, 0.3) is 0 Å². The maximum absolute atomic E-state index is 5.90. The van der Waals surface area contributed by atoms with Gasteiger partial charge >= 0.3 is 0 Å². The Hall–Kier alpha value is -0.0800. The lowest BCUT2D eigenvalue weighted by atomic mass is 10.3. The van der Waals surface area contributed by atoms with E-state index in [0.29, 0.717) is 0 Å². The Kier molecular flexibility index (Phi) is 0.649. The van der Waals surface area contributed by atoms with Crippen molar-refractivity contribution in [3.63, 3.8) is 0 Å². The first kappa shape index (κ1) is 4.77. The fraction of sp³-hybridized carbons (Fsp3) is 1.00.